The number of piperidine rings is 1. The van der Waals surface area contributed by atoms with Crippen molar-refractivity contribution >= 4 is 16.9 Å². The van der Waals surface area contributed by atoms with E-state index >= 15 is 0 Å². The third-order valence-corrected chi connectivity index (χ3v) is 5.15. The predicted molar refractivity (Wildman–Crippen MR) is 105 cm³/mol. The summed E-state index contributed by atoms with van der Waals surface area (Å²) in [6.07, 6.45) is 1.52. The van der Waals surface area contributed by atoms with Crippen molar-refractivity contribution in [3.05, 3.63) is 48.0 Å². The molecular weight excluding hydrogens is 326 g/mol. The van der Waals surface area contributed by atoms with Crippen LogP contribution in [0.25, 0.3) is 10.8 Å². The highest BCUT2D eigenvalue weighted by molar-refractivity contribution is 5.86. The molecule has 26 heavy (non-hydrogen) atoms. The van der Waals surface area contributed by atoms with Crippen molar-refractivity contribution < 1.29 is 14.3 Å². The zero-order valence-electron chi connectivity index (χ0n) is 16.2. The summed E-state index contributed by atoms with van der Waals surface area (Å²) in [6.45, 7) is 7.73. The molecule has 1 aliphatic heterocycles. The number of carbonyl (C=O) groups excluding carboxylic acids is 1. The highest BCUT2D eigenvalue weighted by Gasteiger charge is 2.39. The van der Waals surface area contributed by atoms with Crippen LogP contribution < -0.4 is 0 Å². The summed E-state index contributed by atoms with van der Waals surface area (Å²) in [7, 11) is 1.76. The monoisotopic (exact) mass is 355 g/mol. The van der Waals surface area contributed by atoms with Crippen LogP contribution in [-0.2, 0) is 14.9 Å². The molecule has 140 valence electrons. The fraction of sp³-hybridized carbons (Fsp3) is 0.500. The molecule has 0 aromatic heterocycles. The second-order valence-electron chi connectivity index (χ2n) is 8.21. The van der Waals surface area contributed by atoms with Gasteiger partial charge in [-0.25, -0.2) is 4.79 Å². The molecule has 0 bridgehead atoms. The van der Waals surface area contributed by atoms with Crippen molar-refractivity contribution in [3.63, 3.8) is 0 Å². The molecule has 0 N–H and O–H groups in total. The molecule has 3 rings (SSSR count). The van der Waals surface area contributed by atoms with Crippen LogP contribution in [0.3, 0.4) is 0 Å². The number of hydrogen-bond acceptors (Lipinski definition) is 3. The van der Waals surface area contributed by atoms with E-state index in [0.717, 1.165) is 12.8 Å². The standard InChI is InChI=1S/C22H29NO3/c1-21(2,3)26-20(24)23-14-12-22(13-15-23,16-25-4)19-11-7-9-17-8-5-6-10-18(17)19/h5-11H,12-16H2,1-4H3. The Labute approximate surface area is 156 Å². The largest absolute Gasteiger partial charge is 0.444 e. The van der Waals surface area contributed by atoms with Gasteiger partial charge in [0.15, 0.2) is 0 Å². The summed E-state index contributed by atoms with van der Waals surface area (Å²) >= 11 is 0. The molecule has 1 saturated heterocycles. The summed E-state index contributed by atoms with van der Waals surface area (Å²) in [4.78, 5) is 14.2. The molecule has 4 nitrogen and oxygen atoms in total. The number of fused-ring (bicyclic) bond motifs is 1. The van der Waals surface area contributed by atoms with E-state index in [0.29, 0.717) is 19.7 Å². The van der Waals surface area contributed by atoms with Gasteiger partial charge in [-0.2, -0.15) is 0 Å². The molecular formula is C22H29NO3. The summed E-state index contributed by atoms with van der Waals surface area (Å²) < 4.78 is 11.2. The van der Waals surface area contributed by atoms with Crippen LogP contribution in [0.4, 0.5) is 4.79 Å². The molecule has 0 spiro atoms. The van der Waals surface area contributed by atoms with Crippen molar-refractivity contribution in [3.8, 4) is 0 Å². The van der Waals surface area contributed by atoms with E-state index < -0.39 is 5.60 Å². The van der Waals surface area contributed by atoms with Gasteiger partial charge in [0.25, 0.3) is 0 Å². The Bertz CT molecular complexity index is 765. The minimum Gasteiger partial charge on any atom is -0.444 e. The van der Waals surface area contributed by atoms with Gasteiger partial charge < -0.3 is 14.4 Å². The lowest BCUT2D eigenvalue weighted by atomic mass is 9.72. The first-order valence-corrected chi connectivity index (χ1v) is 9.30. The Morgan fingerprint density at radius 2 is 1.73 bits per heavy atom. The lowest BCUT2D eigenvalue weighted by Gasteiger charge is -2.42. The van der Waals surface area contributed by atoms with Gasteiger partial charge in [0, 0.05) is 25.6 Å². The normalized spacial score (nSPS) is 17.3. The summed E-state index contributed by atoms with van der Waals surface area (Å²) in [6, 6.07) is 15.0. The second kappa shape index (κ2) is 7.28. The zero-order valence-corrected chi connectivity index (χ0v) is 16.2. The Morgan fingerprint density at radius 1 is 1.08 bits per heavy atom. The first kappa shape index (κ1) is 18.7. The molecule has 0 aliphatic carbocycles. The van der Waals surface area contributed by atoms with E-state index in [-0.39, 0.29) is 11.5 Å². The smallest absolute Gasteiger partial charge is 0.410 e. The van der Waals surface area contributed by atoms with Gasteiger partial charge in [0.05, 0.1) is 6.61 Å². The number of likely N-dealkylation sites (tertiary alicyclic amines) is 1. The Morgan fingerprint density at radius 3 is 2.38 bits per heavy atom. The van der Waals surface area contributed by atoms with Crippen LogP contribution in [0.1, 0.15) is 39.2 Å². The average Bonchev–Trinajstić information content (AvgIpc) is 2.60. The van der Waals surface area contributed by atoms with Crippen LogP contribution in [0.2, 0.25) is 0 Å². The van der Waals surface area contributed by atoms with Crippen LogP contribution in [0.5, 0.6) is 0 Å². The van der Waals surface area contributed by atoms with E-state index in [9.17, 15) is 4.79 Å². The Balaban J connectivity index is 1.86. The third kappa shape index (κ3) is 3.85. The van der Waals surface area contributed by atoms with Crippen LogP contribution in [0, 0.1) is 0 Å². The molecule has 1 fully saturated rings. The van der Waals surface area contributed by atoms with Crippen molar-refractivity contribution in [1.82, 2.24) is 4.90 Å². The number of rotatable bonds is 3. The molecule has 2 aromatic carbocycles. The summed E-state index contributed by atoms with van der Waals surface area (Å²) in [5, 5.41) is 2.52. The highest BCUT2D eigenvalue weighted by atomic mass is 16.6. The first-order valence-electron chi connectivity index (χ1n) is 9.30. The molecule has 1 aliphatic rings. The van der Waals surface area contributed by atoms with Crippen LogP contribution in [0.15, 0.2) is 42.5 Å². The molecule has 1 amide bonds. The molecule has 0 unspecified atom stereocenters. The molecule has 0 radical (unpaired) electrons. The highest BCUT2D eigenvalue weighted by Crippen LogP contribution is 2.39. The van der Waals surface area contributed by atoms with Gasteiger partial charge in [-0.3, -0.25) is 0 Å². The molecule has 2 aromatic rings. The minimum atomic E-state index is -0.465. The van der Waals surface area contributed by atoms with Crippen molar-refractivity contribution in [2.45, 2.75) is 44.6 Å². The van der Waals surface area contributed by atoms with Gasteiger partial charge in [-0.1, -0.05) is 42.5 Å². The molecule has 0 atom stereocenters. The predicted octanol–water partition coefficient (Wildman–Crippen LogP) is 4.75. The zero-order chi connectivity index (χ0) is 18.8. The van der Waals surface area contributed by atoms with Gasteiger partial charge in [-0.15, -0.1) is 0 Å². The topological polar surface area (TPSA) is 38.8 Å². The maximum atomic E-state index is 12.4. The second-order valence-corrected chi connectivity index (χ2v) is 8.21. The number of amides is 1. The number of carbonyl (C=O) groups is 1. The van der Waals surface area contributed by atoms with E-state index in [1.165, 1.54) is 16.3 Å². The average molecular weight is 355 g/mol. The first-order chi connectivity index (χ1) is 12.3. The van der Waals surface area contributed by atoms with Crippen LogP contribution >= 0.6 is 0 Å². The number of nitrogens with zero attached hydrogens (tertiary/aromatic N) is 1. The Hall–Kier alpha value is -2.07. The maximum absolute atomic E-state index is 12.4. The van der Waals surface area contributed by atoms with Gasteiger partial charge >= 0.3 is 6.09 Å². The van der Waals surface area contributed by atoms with Gasteiger partial charge in [0.2, 0.25) is 0 Å². The number of ether oxygens (including phenoxy) is 2. The summed E-state index contributed by atoms with van der Waals surface area (Å²) in [5.41, 5.74) is 0.781. The van der Waals surface area contributed by atoms with Crippen molar-refractivity contribution in [2.24, 2.45) is 0 Å². The third-order valence-electron chi connectivity index (χ3n) is 5.15. The maximum Gasteiger partial charge on any atom is 0.410 e. The van der Waals surface area contributed by atoms with Crippen molar-refractivity contribution in [1.29, 1.82) is 0 Å². The van der Waals surface area contributed by atoms with E-state index in [1.807, 2.05) is 25.7 Å². The molecule has 4 heteroatoms. The fourth-order valence-electron chi connectivity index (χ4n) is 3.90. The van der Waals surface area contributed by atoms with Gasteiger partial charge in [0.1, 0.15) is 5.60 Å². The summed E-state index contributed by atoms with van der Waals surface area (Å²) in [5.74, 6) is 0. The van der Waals surface area contributed by atoms with Crippen molar-refractivity contribution in [2.75, 3.05) is 26.8 Å². The Kier molecular flexibility index (Phi) is 5.24. The minimum absolute atomic E-state index is 0.0753. The van der Waals surface area contributed by atoms with E-state index in [2.05, 4.69) is 42.5 Å². The number of benzene rings is 2. The number of methoxy groups -OCH3 is 1. The lowest BCUT2D eigenvalue weighted by molar-refractivity contribution is 0.00991. The quantitative estimate of drug-likeness (QED) is 0.797. The van der Waals surface area contributed by atoms with Crippen LogP contribution in [-0.4, -0.2) is 43.4 Å². The van der Waals surface area contributed by atoms with E-state index in [4.69, 9.17) is 9.47 Å². The van der Waals surface area contributed by atoms with E-state index in [1.54, 1.807) is 7.11 Å². The van der Waals surface area contributed by atoms with Gasteiger partial charge in [-0.05, 0) is 49.9 Å². The number of hydrogen-bond donors (Lipinski definition) is 0. The fourth-order valence-corrected chi connectivity index (χ4v) is 3.90. The lowest BCUT2D eigenvalue weighted by Crippen LogP contribution is -2.48. The molecule has 1 heterocycles. The molecule has 0 saturated carbocycles. The SMILES string of the molecule is COCC1(c2cccc3ccccc23)CCN(C(=O)OC(C)(C)C)CC1.